The minimum atomic E-state index is 0.252. The molecule has 0 radical (unpaired) electrons. The van der Waals surface area contributed by atoms with Crippen molar-refractivity contribution in [2.75, 3.05) is 6.54 Å². The van der Waals surface area contributed by atoms with E-state index in [1.165, 1.54) is 19.3 Å². The zero-order valence-electron chi connectivity index (χ0n) is 10.2. The van der Waals surface area contributed by atoms with Crippen LogP contribution in [0.1, 0.15) is 40.0 Å². The standard InChI is InChI=1S/C12H23N3/c1-12(2,3)13-8-5-4-6-10-15-11-7-9-14-15/h7,9,11,13H,4-6,8,10H2,1-3H3. The first-order chi connectivity index (χ1) is 7.08. The number of nitrogens with one attached hydrogen (secondary N) is 1. The summed E-state index contributed by atoms with van der Waals surface area (Å²) < 4.78 is 2.00. The first-order valence-corrected chi connectivity index (χ1v) is 5.80. The second-order valence-corrected chi connectivity index (χ2v) is 5.01. The highest BCUT2D eigenvalue weighted by atomic mass is 15.3. The molecule has 0 unspecified atom stereocenters. The van der Waals surface area contributed by atoms with Crippen molar-refractivity contribution in [3.8, 4) is 0 Å². The number of nitrogens with zero attached hydrogens (tertiary/aromatic N) is 2. The summed E-state index contributed by atoms with van der Waals surface area (Å²) in [6.07, 6.45) is 7.59. The molecule has 0 fully saturated rings. The maximum Gasteiger partial charge on any atom is 0.0489 e. The fourth-order valence-electron chi connectivity index (χ4n) is 1.47. The van der Waals surface area contributed by atoms with Gasteiger partial charge in [-0.05, 0) is 46.2 Å². The Morgan fingerprint density at radius 2 is 2.00 bits per heavy atom. The molecule has 0 bridgehead atoms. The molecular formula is C12H23N3. The van der Waals surface area contributed by atoms with E-state index < -0.39 is 0 Å². The number of unbranched alkanes of at least 4 members (excludes halogenated alkanes) is 2. The Bertz CT molecular complexity index is 246. The lowest BCUT2D eigenvalue weighted by Gasteiger charge is -2.20. The second kappa shape index (κ2) is 5.91. The van der Waals surface area contributed by atoms with Gasteiger partial charge < -0.3 is 5.32 Å². The van der Waals surface area contributed by atoms with Crippen molar-refractivity contribution in [1.29, 1.82) is 0 Å². The van der Waals surface area contributed by atoms with E-state index in [1.54, 1.807) is 0 Å². The summed E-state index contributed by atoms with van der Waals surface area (Å²) in [6.45, 7) is 8.77. The minimum Gasteiger partial charge on any atom is -0.312 e. The van der Waals surface area contributed by atoms with Gasteiger partial charge in [-0.3, -0.25) is 4.68 Å². The summed E-state index contributed by atoms with van der Waals surface area (Å²) in [5, 5.41) is 7.67. The van der Waals surface area contributed by atoms with Crippen molar-refractivity contribution in [3.05, 3.63) is 18.5 Å². The summed E-state index contributed by atoms with van der Waals surface area (Å²) in [6, 6.07) is 1.97. The van der Waals surface area contributed by atoms with Gasteiger partial charge >= 0.3 is 0 Å². The molecule has 0 atom stereocenters. The zero-order chi connectivity index (χ0) is 11.1. The smallest absolute Gasteiger partial charge is 0.0489 e. The normalized spacial score (nSPS) is 11.9. The van der Waals surface area contributed by atoms with Gasteiger partial charge in [0.1, 0.15) is 0 Å². The molecule has 3 heteroatoms. The number of hydrogen-bond acceptors (Lipinski definition) is 2. The van der Waals surface area contributed by atoms with Crippen molar-refractivity contribution in [2.45, 2.75) is 52.1 Å². The monoisotopic (exact) mass is 209 g/mol. The highest BCUT2D eigenvalue weighted by molar-refractivity contribution is 4.77. The predicted octanol–water partition coefficient (Wildman–Crippen LogP) is 2.44. The van der Waals surface area contributed by atoms with Crippen LogP contribution in [0.3, 0.4) is 0 Å². The van der Waals surface area contributed by atoms with Gasteiger partial charge in [0.05, 0.1) is 0 Å². The highest BCUT2D eigenvalue weighted by Gasteiger charge is 2.06. The second-order valence-electron chi connectivity index (χ2n) is 5.01. The van der Waals surface area contributed by atoms with Crippen molar-refractivity contribution >= 4 is 0 Å². The molecular weight excluding hydrogens is 186 g/mol. The van der Waals surface area contributed by atoms with Crippen LogP contribution in [0.5, 0.6) is 0 Å². The summed E-state index contributed by atoms with van der Waals surface area (Å²) >= 11 is 0. The molecule has 1 aromatic rings. The summed E-state index contributed by atoms with van der Waals surface area (Å²) in [5.74, 6) is 0. The first kappa shape index (κ1) is 12.2. The van der Waals surface area contributed by atoms with E-state index >= 15 is 0 Å². The molecule has 0 aliphatic carbocycles. The van der Waals surface area contributed by atoms with Crippen LogP contribution in [0, 0.1) is 0 Å². The van der Waals surface area contributed by atoms with Gasteiger partial charge in [0.15, 0.2) is 0 Å². The Morgan fingerprint density at radius 1 is 1.20 bits per heavy atom. The topological polar surface area (TPSA) is 29.9 Å². The van der Waals surface area contributed by atoms with Crippen LogP contribution in [0.25, 0.3) is 0 Å². The largest absolute Gasteiger partial charge is 0.312 e. The molecule has 0 saturated heterocycles. The minimum absolute atomic E-state index is 0.252. The van der Waals surface area contributed by atoms with E-state index in [9.17, 15) is 0 Å². The molecule has 15 heavy (non-hydrogen) atoms. The van der Waals surface area contributed by atoms with E-state index in [4.69, 9.17) is 0 Å². The third kappa shape index (κ3) is 6.28. The molecule has 0 aromatic carbocycles. The third-order valence-corrected chi connectivity index (χ3v) is 2.28. The number of aryl methyl sites for hydroxylation is 1. The quantitative estimate of drug-likeness (QED) is 0.729. The summed E-state index contributed by atoms with van der Waals surface area (Å²) in [4.78, 5) is 0. The Morgan fingerprint density at radius 3 is 2.60 bits per heavy atom. The Labute approximate surface area is 92.9 Å². The fourth-order valence-corrected chi connectivity index (χ4v) is 1.47. The van der Waals surface area contributed by atoms with Gasteiger partial charge in [0, 0.05) is 24.5 Å². The molecule has 0 aliphatic heterocycles. The highest BCUT2D eigenvalue weighted by Crippen LogP contribution is 2.01. The van der Waals surface area contributed by atoms with Crippen LogP contribution in [0.2, 0.25) is 0 Å². The zero-order valence-corrected chi connectivity index (χ0v) is 10.2. The Hall–Kier alpha value is -0.830. The van der Waals surface area contributed by atoms with E-state index in [0.717, 1.165) is 13.1 Å². The molecule has 86 valence electrons. The number of hydrogen-bond donors (Lipinski definition) is 1. The predicted molar refractivity (Wildman–Crippen MR) is 63.8 cm³/mol. The van der Waals surface area contributed by atoms with Crippen LogP contribution < -0.4 is 5.32 Å². The van der Waals surface area contributed by atoms with E-state index in [-0.39, 0.29) is 5.54 Å². The lowest BCUT2D eigenvalue weighted by Crippen LogP contribution is -2.36. The van der Waals surface area contributed by atoms with Crippen LogP contribution in [-0.2, 0) is 6.54 Å². The van der Waals surface area contributed by atoms with Gasteiger partial charge in [-0.1, -0.05) is 6.42 Å². The Balaban J connectivity index is 1.94. The van der Waals surface area contributed by atoms with Gasteiger partial charge in [0.25, 0.3) is 0 Å². The number of aromatic nitrogens is 2. The SMILES string of the molecule is CC(C)(C)NCCCCCn1cccn1. The van der Waals surface area contributed by atoms with E-state index in [2.05, 4.69) is 31.2 Å². The number of rotatable bonds is 6. The molecule has 3 nitrogen and oxygen atoms in total. The van der Waals surface area contributed by atoms with Crippen molar-refractivity contribution in [2.24, 2.45) is 0 Å². The average molecular weight is 209 g/mol. The van der Waals surface area contributed by atoms with Crippen LogP contribution in [0.4, 0.5) is 0 Å². The molecule has 0 spiro atoms. The van der Waals surface area contributed by atoms with Crippen molar-refractivity contribution < 1.29 is 0 Å². The molecule has 0 saturated carbocycles. The van der Waals surface area contributed by atoms with Crippen LogP contribution in [0.15, 0.2) is 18.5 Å². The summed E-state index contributed by atoms with van der Waals surface area (Å²) in [7, 11) is 0. The third-order valence-electron chi connectivity index (χ3n) is 2.28. The molecule has 0 aliphatic rings. The lowest BCUT2D eigenvalue weighted by atomic mass is 10.1. The molecule has 1 aromatic heterocycles. The first-order valence-electron chi connectivity index (χ1n) is 5.80. The maximum atomic E-state index is 4.17. The van der Waals surface area contributed by atoms with Gasteiger partial charge in [-0.25, -0.2) is 0 Å². The van der Waals surface area contributed by atoms with E-state index in [0.29, 0.717) is 0 Å². The van der Waals surface area contributed by atoms with E-state index in [1.807, 2.05) is 23.1 Å². The van der Waals surface area contributed by atoms with Crippen molar-refractivity contribution in [3.63, 3.8) is 0 Å². The molecule has 0 amide bonds. The molecule has 1 N–H and O–H groups in total. The van der Waals surface area contributed by atoms with Crippen LogP contribution >= 0.6 is 0 Å². The summed E-state index contributed by atoms with van der Waals surface area (Å²) in [5.41, 5.74) is 0.252. The van der Waals surface area contributed by atoms with Crippen LogP contribution in [-0.4, -0.2) is 21.9 Å². The lowest BCUT2D eigenvalue weighted by molar-refractivity contribution is 0.413. The van der Waals surface area contributed by atoms with Crippen molar-refractivity contribution in [1.82, 2.24) is 15.1 Å². The van der Waals surface area contributed by atoms with Gasteiger partial charge in [-0.2, -0.15) is 5.10 Å². The van der Waals surface area contributed by atoms with Gasteiger partial charge in [0.2, 0.25) is 0 Å². The molecule has 1 rings (SSSR count). The van der Waals surface area contributed by atoms with Gasteiger partial charge in [-0.15, -0.1) is 0 Å². The fraction of sp³-hybridized carbons (Fsp3) is 0.750. The molecule has 1 heterocycles. The maximum absolute atomic E-state index is 4.17. The Kier molecular flexibility index (Phi) is 4.82. The average Bonchev–Trinajstić information content (AvgIpc) is 2.61.